The molecular formula is C16H22N3O3P. The second-order valence-electron chi connectivity index (χ2n) is 5.28. The van der Waals surface area contributed by atoms with E-state index in [1.54, 1.807) is 7.11 Å². The molecular weight excluding hydrogens is 313 g/mol. The van der Waals surface area contributed by atoms with Crippen molar-refractivity contribution in [1.29, 1.82) is 0 Å². The summed E-state index contributed by atoms with van der Waals surface area (Å²) in [6, 6.07) is 5.89. The fourth-order valence-corrected chi connectivity index (χ4v) is 2.67. The molecule has 2 N–H and O–H groups in total. The first kappa shape index (κ1) is 17.3. The lowest BCUT2D eigenvalue weighted by Gasteiger charge is -2.05. The van der Waals surface area contributed by atoms with Crippen molar-refractivity contribution in [1.82, 2.24) is 15.0 Å². The molecule has 0 spiro atoms. The number of carbonyl (C=O) groups excluding carboxylic acids is 2. The lowest BCUT2D eigenvalue weighted by molar-refractivity contribution is -0.120. The van der Waals surface area contributed by atoms with Gasteiger partial charge in [-0.25, -0.2) is 0 Å². The molecule has 124 valence electrons. The Morgan fingerprint density at radius 1 is 1.35 bits per heavy atom. The lowest BCUT2D eigenvalue weighted by Crippen LogP contribution is -2.22. The molecule has 1 heterocycles. The Labute approximate surface area is 137 Å². The average molecular weight is 335 g/mol. The molecule has 0 saturated heterocycles. The SMILES string of the molecule is COc1ccc2c(c1)c(CCNC(C)=O)cn2CCC(=O)NP. The van der Waals surface area contributed by atoms with E-state index >= 15 is 0 Å². The standard InChI is InChI=1S/C16H22N3O3P/c1-11(20)17-7-5-12-10-19(8-6-16(21)18-23)15-4-3-13(22-2)9-14(12)15/h3-4,9-10H,5-8,23H2,1-2H3,(H,17,20)(H,18,21). The van der Waals surface area contributed by atoms with Crippen LogP contribution in [0.2, 0.25) is 0 Å². The number of nitrogens with one attached hydrogen (secondary N) is 2. The minimum absolute atomic E-state index is 0.0230. The maximum absolute atomic E-state index is 11.5. The molecule has 2 amide bonds. The molecule has 0 aliphatic rings. The van der Waals surface area contributed by atoms with Crippen molar-refractivity contribution < 1.29 is 14.3 Å². The Kier molecular flexibility index (Phi) is 5.99. The predicted molar refractivity (Wildman–Crippen MR) is 93.3 cm³/mol. The second-order valence-corrected chi connectivity index (χ2v) is 5.57. The van der Waals surface area contributed by atoms with Crippen molar-refractivity contribution in [3.63, 3.8) is 0 Å². The van der Waals surface area contributed by atoms with Crippen LogP contribution in [0.15, 0.2) is 24.4 Å². The van der Waals surface area contributed by atoms with Gasteiger partial charge in [0.1, 0.15) is 5.75 Å². The summed E-state index contributed by atoms with van der Waals surface area (Å²) in [6.07, 6.45) is 3.18. The van der Waals surface area contributed by atoms with Gasteiger partial charge in [0.15, 0.2) is 0 Å². The van der Waals surface area contributed by atoms with Gasteiger partial charge in [-0.15, -0.1) is 0 Å². The van der Waals surface area contributed by atoms with E-state index in [1.165, 1.54) is 6.92 Å². The van der Waals surface area contributed by atoms with Crippen molar-refractivity contribution in [2.45, 2.75) is 26.3 Å². The van der Waals surface area contributed by atoms with Crippen LogP contribution in [0.3, 0.4) is 0 Å². The fraction of sp³-hybridized carbons (Fsp3) is 0.375. The summed E-state index contributed by atoms with van der Waals surface area (Å²) >= 11 is 0. The van der Waals surface area contributed by atoms with E-state index in [1.807, 2.05) is 24.4 Å². The second kappa shape index (κ2) is 7.97. The number of fused-ring (bicyclic) bond motifs is 1. The minimum Gasteiger partial charge on any atom is -0.497 e. The molecule has 0 fully saturated rings. The fourth-order valence-electron chi connectivity index (χ4n) is 2.53. The van der Waals surface area contributed by atoms with Gasteiger partial charge in [0, 0.05) is 43.5 Å². The van der Waals surface area contributed by atoms with Gasteiger partial charge in [0.05, 0.1) is 7.11 Å². The molecule has 0 bridgehead atoms. The number of hydrogen-bond acceptors (Lipinski definition) is 3. The number of nitrogens with zero attached hydrogens (tertiary/aromatic N) is 1. The number of rotatable bonds is 7. The van der Waals surface area contributed by atoms with Gasteiger partial charge in [-0.05, 0) is 39.6 Å². The average Bonchev–Trinajstić information content (AvgIpc) is 2.89. The molecule has 0 radical (unpaired) electrons. The van der Waals surface area contributed by atoms with E-state index in [0.29, 0.717) is 19.5 Å². The third kappa shape index (κ3) is 4.45. The van der Waals surface area contributed by atoms with E-state index in [4.69, 9.17) is 4.74 Å². The van der Waals surface area contributed by atoms with E-state index in [0.717, 1.165) is 28.6 Å². The van der Waals surface area contributed by atoms with Crippen LogP contribution in [0, 0.1) is 0 Å². The normalized spacial score (nSPS) is 10.6. The Balaban J connectivity index is 2.28. The van der Waals surface area contributed by atoms with Crippen LogP contribution in [-0.2, 0) is 22.6 Å². The molecule has 23 heavy (non-hydrogen) atoms. The molecule has 1 atom stereocenters. The third-order valence-electron chi connectivity index (χ3n) is 3.68. The van der Waals surface area contributed by atoms with Crippen LogP contribution in [0.4, 0.5) is 0 Å². The summed E-state index contributed by atoms with van der Waals surface area (Å²) < 4.78 is 7.37. The number of aromatic nitrogens is 1. The van der Waals surface area contributed by atoms with E-state index < -0.39 is 0 Å². The van der Waals surface area contributed by atoms with Crippen molar-refractivity contribution in [3.05, 3.63) is 30.0 Å². The molecule has 7 heteroatoms. The van der Waals surface area contributed by atoms with Crippen LogP contribution in [0.1, 0.15) is 18.9 Å². The molecule has 2 rings (SSSR count). The molecule has 1 aromatic carbocycles. The number of aryl methyl sites for hydroxylation is 1. The van der Waals surface area contributed by atoms with Gasteiger partial charge in [-0.2, -0.15) is 0 Å². The van der Waals surface area contributed by atoms with Gasteiger partial charge in [-0.1, -0.05) is 0 Å². The number of ether oxygens (including phenoxy) is 1. The van der Waals surface area contributed by atoms with Crippen molar-refractivity contribution in [3.8, 4) is 5.75 Å². The van der Waals surface area contributed by atoms with Gasteiger partial charge >= 0.3 is 0 Å². The Bertz CT molecular complexity index is 712. The summed E-state index contributed by atoms with van der Waals surface area (Å²) in [5.41, 5.74) is 2.18. The Hall–Kier alpha value is -2.07. The van der Waals surface area contributed by atoms with Crippen molar-refractivity contribution in [2.24, 2.45) is 0 Å². The van der Waals surface area contributed by atoms with Crippen LogP contribution >= 0.6 is 9.39 Å². The first-order chi connectivity index (χ1) is 11.0. The quantitative estimate of drug-likeness (QED) is 0.756. The zero-order valence-corrected chi connectivity index (χ0v) is 14.5. The van der Waals surface area contributed by atoms with Gasteiger partial charge in [0.2, 0.25) is 11.8 Å². The van der Waals surface area contributed by atoms with E-state index in [-0.39, 0.29) is 11.8 Å². The summed E-state index contributed by atoms with van der Waals surface area (Å²) in [5.74, 6) is 0.729. The number of hydrogen-bond donors (Lipinski definition) is 2. The topological polar surface area (TPSA) is 72.4 Å². The zero-order valence-electron chi connectivity index (χ0n) is 13.4. The highest BCUT2D eigenvalue weighted by Crippen LogP contribution is 2.26. The van der Waals surface area contributed by atoms with Crippen molar-refractivity contribution in [2.75, 3.05) is 13.7 Å². The molecule has 0 aliphatic carbocycles. The van der Waals surface area contributed by atoms with Crippen molar-refractivity contribution >= 4 is 32.1 Å². The largest absolute Gasteiger partial charge is 0.497 e. The van der Waals surface area contributed by atoms with Crippen LogP contribution in [0.5, 0.6) is 5.75 Å². The first-order valence-electron chi connectivity index (χ1n) is 7.44. The number of amides is 2. The van der Waals surface area contributed by atoms with Gasteiger partial charge in [0.25, 0.3) is 0 Å². The molecule has 0 aliphatic heterocycles. The molecule has 1 aromatic heterocycles. The summed E-state index contributed by atoms with van der Waals surface area (Å²) in [7, 11) is 3.86. The highest BCUT2D eigenvalue weighted by molar-refractivity contribution is 7.15. The molecule has 0 saturated carbocycles. The van der Waals surface area contributed by atoms with E-state index in [9.17, 15) is 9.59 Å². The van der Waals surface area contributed by atoms with Crippen LogP contribution in [-0.4, -0.2) is 30.0 Å². The first-order valence-corrected chi connectivity index (χ1v) is 8.02. The maximum Gasteiger partial charge on any atom is 0.224 e. The smallest absolute Gasteiger partial charge is 0.224 e. The lowest BCUT2D eigenvalue weighted by atomic mass is 10.1. The summed E-state index contributed by atoms with van der Waals surface area (Å²) in [5, 5.41) is 6.45. The predicted octanol–water partition coefficient (Wildman–Crippen LogP) is 1.62. The maximum atomic E-state index is 11.5. The Morgan fingerprint density at radius 2 is 2.13 bits per heavy atom. The highest BCUT2D eigenvalue weighted by atomic mass is 31.0. The molecule has 6 nitrogen and oxygen atoms in total. The number of methoxy groups -OCH3 is 1. The minimum atomic E-state index is -0.0385. The molecule has 2 aromatic rings. The highest BCUT2D eigenvalue weighted by Gasteiger charge is 2.11. The number of carbonyl (C=O) groups is 2. The van der Waals surface area contributed by atoms with Gasteiger partial charge in [-0.3, -0.25) is 9.59 Å². The third-order valence-corrected chi connectivity index (χ3v) is 4.00. The summed E-state index contributed by atoms with van der Waals surface area (Å²) in [6.45, 7) is 2.69. The van der Waals surface area contributed by atoms with Gasteiger partial charge < -0.3 is 19.7 Å². The summed E-state index contributed by atoms with van der Waals surface area (Å²) in [4.78, 5) is 22.5. The monoisotopic (exact) mass is 335 g/mol. The number of benzene rings is 1. The van der Waals surface area contributed by atoms with Crippen LogP contribution < -0.4 is 15.1 Å². The molecule has 1 unspecified atom stereocenters. The Morgan fingerprint density at radius 3 is 2.78 bits per heavy atom. The zero-order chi connectivity index (χ0) is 16.8. The van der Waals surface area contributed by atoms with E-state index in [2.05, 4.69) is 24.4 Å². The van der Waals surface area contributed by atoms with Crippen LogP contribution in [0.25, 0.3) is 10.9 Å².